The lowest BCUT2D eigenvalue weighted by atomic mass is 10.0. The second kappa shape index (κ2) is 7.09. The number of amides is 2. The maximum atomic E-state index is 11.9. The first-order chi connectivity index (χ1) is 10.0. The summed E-state index contributed by atoms with van der Waals surface area (Å²) in [5.74, 6) is -0.0855. The number of hydrogen-bond donors (Lipinski definition) is 2. The first-order valence-corrected chi connectivity index (χ1v) is 7.58. The van der Waals surface area contributed by atoms with Crippen LogP contribution in [0.3, 0.4) is 0 Å². The lowest BCUT2D eigenvalue weighted by molar-refractivity contribution is -0.136. The number of hydrogen-bond acceptors (Lipinski definition) is 5. The highest BCUT2D eigenvalue weighted by atomic mass is 16.6. The Morgan fingerprint density at radius 2 is 2.00 bits per heavy atom. The number of likely N-dealkylation sites (tertiary alicyclic amines) is 1. The molecule has 2 rings (SSSR count). The number of rotatable bonds is 5. The third-order valence-electron chi connectivity index (χ3n) is 3.94. The van der Waals surface area contributed by atoms with Crippen LogP contribution in [0.4, 0.5) is 4.79 Å². The fourth-order valence-corrected chi connectivity index (χ4v) is 2.51. The number of carbonyl (C=O) groups excluding carboxylic acids is 2. The van der Waals surface area contributed by atoms with Gasteiger partial charge in [0.1, 0.15) is 6.61 Å². The van der Waals surface area contributed by atoms with E-state index in [1.807, 2.05) is 6.92 Å². The molecule has 0 aromatic heterocycles. The molecule has 0 radical (unpaired) electrons. The highest BCUT2D eigenvalue weighted by molar-refractivity contribution is 5.77. The van der Waals surface area contributed by atoms with Crippen molar-refractivity contribution in [3.8, 4) is 0 Å². The Bertz CT molecular complexity index is 376. The summed E-state index contributed by atoms with van der Waals surface area (Å²) in [6.07, 6.45) is 1.24. The molecule has 120 valence electrons. The van der Waals surface area contributed by atoms with E-state index in [2.05, 4.69) is 10.6 Å². The van der Waals surface area contributed by atoms with Crippen LogP contribution in [0.5, 0.6) is 0 Å². The molecular weight excluding hydrogens is 274 g/mol. The summed E-state index contributed by atoms with van der Waals surface area (Å²) in [4.78, 5) is 25.1. The summed E-state index contributed by atoms with van der Waals surface area (Å²) in [6.45, 7) is 7.09. The van der Waals surface area contributed by atoms with Gasteiger partial charge in [-0.05, 0) is 26.7 Å². The van der Waals surface area contributed by atoms with E-state index in [4.69, 9.17) is 9.47 Å². The Morgan fingerprint density at radius 1 is 1.33 bits per heavy atom. The summed E-state index contributed by atoms with van der Waals surface area (Å²) >= 11 is 0. The van der Waals surface area contributed by atoms with Gasteiger partial charge in [0.05, 0.1) is 12.2 Å². The molecule has 0 spiro atoms. The molecule has 2 aliphatic rings. The van der Waals surface area contributed by atoms with Gasteiger partial charge in [-0.25, -0.2) is 4.79 Å². The second-order valence-corrected chi connectivity index (χ2v) is 5.87. The van der Waals surface area contributed by atoms with Crippen LogP contribution in [0.25, 0.3) is 0 Å². The van der Waals surface area contributed by atoms with Crippen molar-refractivity contribution in [2.75, 3.05) is 39.4 Å². The Morgan fingerprint density at radius 3 is 2.52 bits per heavy atom. The minimum atomic E-state index is -0.268. The maximum absolute atomic E-state index is 11.9. The molecule has 2 N–H and O–H groups in total. The molecule has 0 bridgehead atoms. The average Bonchev–Trinajstić information content (AvgIpc) is 2.44. The standard InChI is InChI=1S/C14H25N3O4/c1-3-20-13(19)17-6-4-11(5-7-17)16-12(18)8-21-14(2)9-15-10-14/h11,15H,3-10H2,1-2H3,(H,16,18). The maximum Gasteiger partial charge on any atom is 0.409 e. The van der Waals surface area contributed by atoms with Crippen molar-refractivity contribution in [2.24, 2.45) is 0 Å². The molecule has 2 saturated heterocycles. The highest BCUT2D eigenvalue weighted by Gasteiger charge is 2.33. The normalized spacial score (nSPS) is 21.5. The molecule has 0 aromatic rings. The average molecular weight is 299 g/mol. The van der Waals surface area contributed by atoms with Crippen molar-refractivity contribution >= 4 is 12.0 Å². The first kappa shape index (κ1) is 16.0. The molecular formula is C14H25N3O4. The van der Waals surface area contributed by atoms with Gasteiger partial charge in [-0.3, -0.25) is 4.79 Å². The molecule has 0 saturated carbocycles. The van der Waals surface area contributed by atoms with Gasteiger partial charge < -0.3 is 25.0 Å². The molecule has 2 amide bonds. The minimum absolute atomic E-state index is 0.0855. The molecule has 0 aliphatic carbocycles. The largest absolute Gasteiger partial charge is 0.450 e. The molecule has 2 heterocycles. The van der Waals surface area contributed by atoms with Crippen molar-refractivity contribution in [3.05, 3.63) is 0 Å². The monoisotopic (exact) mass is 299 g/mol. The molecule has 2 aliphatic heterocycles. The number of piperidine rings is 1. The number of ether oxygens (including phenoxy) is 2. The van der Waals surface area contributed by atoms with E-state index in [1.54, 1.807) is 11.8 Å². The van der Waals surface area contributed by atoms with Crippen molar-refractivity contribution in [3.63, 3.8) is 0 Å². The zero-order chi connectivity index (χ0) is 15.3. The number of carbonyl (C=O) groups is 2. The van der Waals surface area contributed by atoms with Crippen LogP contribution in [0, 0.1) is 0 Å². The Balaban J connectivity index is 1.63. The third kappa shape index (κ3) is 4.57. The van der Waals surface area contributed by atoms with Crippen LogP contribution in [0.2, 0.25) is 0 Å². The SMILES string of the molecule is CCOC(=O)N1CCC(NC(=O)COC2(C)CNC2)CC1. The van der Waals surface area contributed by atoms with Crippen LogP contribution in [-0.4, -0.2) is 67.9 Å². The van der Waals surface area contributed by atoms with Crippen molar-refractivity contribution in [1.29, 1.82) is 0 Å². The van der Waals surface area contributed by atoms with Gasteiger partial charge in [0, 0.05) is 32.2 Å². The molecule has 21 heavy (non-hydrogen) atoms. The minimum Gasteiger partial charge on any atom is -0.450 e. The van der Waals surface area contributed by atoms with E-state index in [-0.39, 0.29) is 30.3 Å². The van der Waals surface area contributed by atoms with Crippen LogP contribution >= 0.6 is 0 Å². The molecule has 0 unspecified atom stereocenters. The summed E-state index contributed by atoms with van der Waals surface area (Å²) in [6, 6.07) is 0.110. The van der Waals surface area contributed by atoms with E-state index in [0.717, 1.165) is 25.9 Å². The van der Waals surface area contributed by atoms with Crippen molar-refractivity contribution in [2.45, 2.75) is 38.3 Å². The summed E-state index contributed by atoms with van der Waals surface area (Å²) < 4.78 is 10.6. The van der Waals surface area contributed by atoms with Gasteiger partial charge in [0.2, 0.25) is 5.91 Å². The highest BCUT2D eigenvalue weighted by Crippen LogP contribution is 2.15. The lowest BCUT2D eigenvalue weighted by Gasteiger charge is -2.39. The zero-order valence-corrected chi connectivity index (χ0v) is 12.8. The number of nitrogens with one attached hydrogen (secondary N) is 2. The predicted molar refractivity (Wildman–Crippen MR) is 77.0 cm³/mol. The van der Waals surface area contributed by atoms with Crippen LogP contribution < -0.4 is 10.6 Å². The Kier molecular flexibility index (Phi) is 5.41. The van der Waals surface area contributed by atoms with Crippen molar-refractivity contribution < 1.29 is 19.1 Å². The van der Waals surface area contributed by atoms with E-state index in [1.165, 1.54) is 0 Å². The molecule has 2 fully saturated rings. The number of nitrogens with zero attached hydrogens (tertiary/aromatic N) is 1. The fourth-order valence-electron chi connectivity index (χ4n) is 2.51. The van der Waals surface area contributed by atoms with E-state index >= 15 is 0 Å². The van der Waals surface area contributed by atoms with E-state index in [9.17, 15) is 9.59 Å². The van der Waals surface area contributed by atoms with Crippen LogP contribution in [0.1, 0.15) is 26.7 Å². The van der Waals surface area contributed by atoms with Gasteiger partial charge in [-0.15, -0.1) is 0 Å². The Hall–Kier alpha value is -1.34. The molecule has 7 nitrogen and oxygen atoms in total. The van der Waals surface area contributed by atoms with Gasteiger partial charge in [0.25, 0.3) is 0 Å². The van der Waals surface area contributed by atoms with E-state index in [0.29, 0.717) is 19.7 Å². The van der Waals surface area contributed by atoms with Gasteiger partial charge in [-0.1, -0.05) is 0 Å². The Labute approximate surface area is 125 Å². The smallest absolute Gasteiger partial charge is 0.409 e. The van der Waals surface area contributed by atoms with Gasteiger partial charge in [0.15, 0.2) is 0 Å². The summed E-state index contributed by atoms with van der Waals surface area (Å²) in [7, 11) is 0. The zero-order valence-electron chi connectivity index (χ0n) is 12.8. The first-order valence-electron chi connectivity index (χ1n) is 7.58. The molecule has 7 heteroatoms. The fraction of sp³-hybridized carbons (Fsp3) is 0.857. The quantitative estimate of drug-likeness (QED) is 0.753. The van der Waals surface area contributed by atoms with Crippen LogP contribution in [-0.2, 0) is 14.3 Å². The predicted octanol–water partition coefficient (Wildman–Crippen LogP) is 0.102. The van der Waals surface area contributed by atoms with Gasteiger partial charge in [-0.2, -0.15) is 0 Å². The molecule has 0 atom stereocenters. The molecule has 0 aromatic carbocycles. The van der Waals surface area contributed by atoms with Crippen molar-refractivity contribution in [1.82, 2.24) is 15.5 Å². The van der Waals surface area contributed by atoms with E-state index < -0.39 is 0 Å². The lowest BCUT2D eigenvalue weighted by Crippen LogP contribution is -2.60. The summed E-state index contributed by atoms with van der Waals surface area (Å²) in [5, 5.41) is 6.09. The third-order valence-corrected chi connectivity index (χ3v) is 3.94. The topological polar surface area (TPSA) is 79.9 Å². The second-order valence-electron chi connectivity index (χ2n) is 5.87. The summed E-state index contributed by atoms with van der Waals surface area (Å²) in [5.41, 5.74) is -0.204. The van der Waals surface area contributed by atoms with Gasteiger partial charge >= 0.3 is 6.09 Å². The van der Waals surface area contributed by atoms with Crippen LogP contribution in [0.15, 0.2) is 0 Å².